The fraction of sp³-hybridized carbons (Fsp3) is 0.188. The van der Waals surface area contributed by atoms with Crippen LogP contribution in [0.2, 0.25) is 0 Å². The monoisotopic (exact) mass is 287 g/mol. The van der Waals surface area contributed by atoms with E-state index in [4.69, 9.17) is 9.47 Å². The lowest BCUT2D eigenvalue weighted by Crippen LogP contribution is -2.23. The zero-order chi connectivity index (χ0) is 14.7. The fourth-order valence-electron chi connectivity index (χ4n) is 2.11. The van der Waals surface area contributed by atoms with Crippen LogP contribution in [-0.4, -0.2) is 19.1 Å². The molecule has 0 aliphatic carbocycles. The minimum absolute atomic E-state index is 0.299. The van der Waals surface area contributed by atoms with E-state index < -0.39 is 5.82 Å². The normalized spacial score (nSPS) is 12.8. The van der Waals surface area contributed by atoms with Gasteiger partial charge in [0.1, 0.15) is 19.0 Å². The van der Waals surface area contributed by atoms with E-state index in [2.05, 4.69) is 5.32 Å². The van der Waals surface area contributed by atoms with Crippen LogP contribution >= 0.6 is 0 Å². The number of carbonyl (C=O) groups excluding carboxylic acids is 1. The second-order valence-corrected chi connectivity index (χ2v) is 4.67. The van der Waals surface area contributed by atoms with Gasteiger partial charge < -0.3 is 14.8 Å². The Hall–Kier alpha value is -2.56. The molecule has 0 saturated heterocycles. The molecule has 0 unspecified atom stereocenters. The molecule has 1 heterocycles. The first-order chi connectivity index (χ1) is 10.2. The Balaban J connectivity index is 1.66. The van der Waals surface area contributed by atoms with Gasteiger partial charge in [0.25, 0.3) is 5.91 Å². The third kappa shape index (κ3) is 3.13. The van der Waals surface area contributed by atoms with Crippen molar-refractivity contribution < 1.29 is 18.7 Å². The van der Waals surface area contributed by atoms with Crippen molar-refractivity contribution in [2.75, 3.05) is 13.2 Å². The standard InChI is InChI=1S/C16H14FNO3/c17-13-3-1-2-12(9-13)16(19)18-10-11-4-5-14-15(8-11)21-7-6-20-14/h1-5,8-9H,6-7,10H2,(H,18,19). The highest BCUT2D eigenvalue weighted by Gasteiger charge is 2.12. The SMILES string of the molecule is O=C(NCc1ccc2c(c1)OCCO2)c1cccc(F)c1. The van der Waals surface area contributed by atoms with Crippen LogP contribution in [0.3, 0.4) is 0 Å². The minimum Gasteiger partial charge on any atom is -0.486 e. The number of halogens is 1. The third-order valence-corrected chi connectivity index (χ3v) is 3.15. The van der Waals surface area contributed by atoms with E-state index in [1.807, 2.05) is 18.2 Å². The molecule has 0 bridgehead atoms. The smallest absolute Gasteiger partial charge is 0.251 e. The number of carbonyl (C=O) groups is 1. The molecule has 0 atom stereocenters. The number of amides is 1. The van der Waals surface area contributed by atoms with E-state index in [0.717, 1.165) is 5.56 Å². The number of hydrogen-bond acceptors (Lipinski definition) is 3. The molecule has 21 heavy (non-hydrogen) atoms. The summed E-state index contributed by atoms with van der Waals surface area (Å²) in [5.74, 6) is 0.645. The average Bonchev–Trinajstić information content (AvgIpc) is 2.52. The molecule has 0 radical (unpaired) electrons. The summed E-state index contributed by atoms with van der Waals surface area (Å²) in [6.07, 6.45) is 0. The van der Waals surface area contributed by atoms with Crippen LogP contribution in [0.15, 0.2) is 42.5 Å². The maximum absolute atomic E-state index is 13.1. The summed E-state index contributed by atoms with van der Waals surface area (Å²) in [6, 6.07) is 11.1. The highest BCUT2D eigenvalue weighted by molar-refractivity contribution is 5.94. The molecule has 1 N–H and O–H groups in total. The Bertz CT molecular complexity index is 672. The van der Waals surface area contributed by atoms with Crippen LogP contribution in [0.5, 0.6) is 11.5 Å². The predicted molar refractivity (Wildman–Crippen MR) is 75.0 cm³/mol. The molecular weight excluding hydrogens is 273 g/mol. The lowest BCUT2D eigenvalue weighted by atomic mass is 10.1. The van der Waals surface area contributed by atoms with Gasteiger partial charge in [-0.15, -0.1) is 0 Å². The topological polar surface area (TPSA) is 47.6 Å². The molecule has 0 fully saturated rings. The quantitative estimate of drug-likeness (QED) is 0.943. The largest absolute Gasteiger partial charge is 0.486 e. The van der Waals surface area contributed by atoms with Gasteiger partial charge in [0.05, 0.1) is 0 Å². The molecule has 2 aromatic carbocycles. The number of rotatable bonds is 3. The molecular formula is C16H14FNO3. The van der Waals surface area contributed by atoms with Gasteiger partial charge in [-0.25, -0.2) is 4.39 Å². The minimum atomic E-state index is -0.429. The van der Waals surface area contributed by atoms with Gasteiger partial charge in [-0.05, 0) is 35.9 Å². The lowest BCUT2D eigenvalue weighted by molar-refractivity contribution is 0.0950. The molecule has 0 aromatic heterocycles. The Morgan fingerprint density at radius 3 is 2.71 bits per heavy atom. The van der Waals surface area contributed by atoms with Crippen molar-refractivity contribution in [1.82, 2.24) is 5.32 Å². The lowest BCUT2D eigenvalue weighted by Gasteiger charge is -2.19. The van der Waals surface area contributed by atoms with Crippen molar-refractivity contribution in [3.05, 3.63) is 59.4 Å². The molecule has 3 rings (SSSR count). The van der Waals surface area contributed by atoms with Crippen LogP contribution in [0, 0.1) is 5.82 Å². The van der Waals surface area contributed by atoms with Gasteiger partial charge in [0.2, 0.25) is 0 Å². The predicted octanol–water partition coefficient (Wildman–Crippen LogP) is 2.53. The summed E-state index contributed by atoms with van der Waals surface area (Å²) < 4.78 is 24.0. The maximum atomic E-state index is 13.1. The van der Waals surface area contributed by atoms with E-state index in [1.165, 1.54) is 18.2 Å². The summed E-state index contributed by atoms with van der Waals surface area (Å²) in [7, 11) is 0. The first-order valence-corrected chi connectivity index (χ1v) is 6.65. The Labute approximate surface area is 121 Å². The van der Waals surface area contributed by atoms with E-state index in [1.54, 1.807) is 6.07 Å². The molecule has 0 spiro atoms. The van der Waals surface area contributed by atoms with Crippen molar-refractivity contribution in [3.8, 4) is 11.5 Å². The van der Waals surface area contributed by atoms with Crippen molar-refractivity contribution in [2.24, 2.45) is 0 Å². The van der Waals surface area contributed by atoms with E-state index in [0.29, 0.717) is 36.8 Å². The summed E-state index contributed by atoms with van der Waals surface area (Å²) in [5, 5.41) is 2.75. The van der Waals surface area contributed by atoms with Gasteiger partial charge in [-0.1, -0.05) is 12.1 Å². The molecule has 1 amide bonds. The number of fused-ring (bicyclic) bond motifs is 1. The van der Waals surface area contributed by atoms with Crippen molar-refractivity contribution in [1.29, 1.82) is 0 Å². The van der Waals surface area contributed by atoms with E-state index in [-0.39, 0.29) is 5.91 Å². The Morgan fingerprint density at radius 2 is 1.90 bits per heavy atom. The van der Waals surface area contributed by atoms with Crippen LogP contribution < -0.4 is 14.8 Å². The van der Waals surface area contributed by atoms with Crippen LogP contribution in [0.25, 0.3) is 0 Å². The van der Waals surface area contributed by atoms with Crippen molar-refractivity contribution >= 4 is 5.91 Å². The first-order valence-electron chi connectivity index (χ1n) is 6.65. The van der Waals surface area contributed by atoms with Crippen LogP contribution in [-0.2, 0) is 6.54 Å². The third-order valence-electron chi connectivity index (χ3n) is 3.15. The second-order valence-electron chi connectivity index (χ2n) is 4.67. The van der Waals surface area contributed by atoms with Gasteiger partial charge in [-0.3, -0.25) is 4.79 Å². The number of nitrogens with one attached hydrogen (secondary N) is 1. The summed E-state index contributed by atoms with van der Waals surface area (Å²) in [4.78, 5) is 11.9. The average molecular weight is 287 g/mol. The van der Waals surface area contributed by atoms with Gasteiger partial charge >= 0.3 is 0 Å². The zero-order valence-electron chi connectivity index (χ0n) is 11.3. The second kappa shape index (κ2) is 5.83. The Morgan fingerprint density at radius 1 is 1.10 bits per heavy atom. The molecule has 1 aliphatic rings. The van der Waals surface area contributed by atoms with Crippen LogP contribution in [0.1, 0.15) is 15.9 Å². The molecule has 5 heteroatoms. The molecule has 4 nitrogen and oxygen atoms in total. The number of hydrogen-bond donors (Lipinski definition) is 1. The fourth-order valence-corrected chi connectivity index (χ4v) is 2.11. The van der Waals surface area contributed by atoms with Crippen molar-refractivity contribution in [3.63, 3.8) is 0 Å². The summed E-state index contributed by atoms with van der Waals surface area (Å²) >= 11 is 0. The molecule has 2 aromatic rings. The van der Waals surface area contributed by atoms with E-state index in [9.17, 15) is 9.18 Å². The molecule has 108 valence electrons. The van der Waals surface area contributed by atoms with E-state index >= 15 is 0 Å². The van der Waals surface area contributed by atoms with Gasteiger partial charge in [0.15, 0.2) is 11.5 Å². The Kier molecular flexibility index (Phi) is 3.73. The van der Waals surface area contributed by atoms with Gasteiger partial charge in [-0.2, -0.15) is 0 Å². The zero-order valence-corrected chi connectivity index (χ0v) is 11.3. The summed E-state index contributed by atoms with van der Waals surface area (Å²) in [6.45, 7) is 1.40. The highest BCUT2D eigenvalue weighted by atomic mass is 19.1. The molecule has 1 aliphatic heterocycles. The highest BCUT2D eigenvalue weighted by Crippen LogP contribution is 2.30. The maximum Gasteiger partial charge on any atom is 0.251 e. The van der Waals surface area contributed by atoms with Crippen molar-refractivity contribution in [2.45, 2.75) is 6.54 Å². The summed E-state index contributed by atoms with van der Waals surface area (Å²) in [5.41, 5.74) is 1.19. The number of ether oxygens (including phenoxy) is 2. The first kappa shape index (κ1) is 13.4. The van der Waals surface area contributed by atoms with Gasteiger partial charge in [0, 0.05) is 12.1 Å². The van der Waals surface area contributed by atoms with Crippen LogP contribution in [0.4, 0.5) is 4.39 Å². The number of benzene rings is 2. The molecule has 0 saturated carbocycles.